The molecule has 38 heavy (non-hydrogen) atoms. The van der Waals surface area contributed by atoms with Gasteiger partial charge in [0.05, 0.1) is 30.2 Å². The van der Waals surface area contributed by atoms with E-state index in [1.807, 2.05) is 48.5 Å². The molecule has 4 nitrogen and oxygen atoms in total. The minimum atomic E-state index is 0.515. The van der Waals surface area contributed by atoms with Gasteiger partial charge in [0.15, 0.2) is 0 Å². The first-order chi connectivity index (χ1) is 18.5. The summed E-state index contributed by atoms with van der Waals surface area (Å²) in [5, 5.41) is 6.53. The molecule has 2 aliphatic heterocycles. The van der Waals surface area contributed by atoms with Gasteiger partial charge in [0.2, 0.25) is 0 Å². The zero-order valence-electron chi connectivity index (χ0n) is 20.7. The maximum atomic E-state index is 5.29. The quantitative estimate of drug-likeness (QED) is 0.234. The number of nitrogens with one attached hydrogen (secondary N) is 2. The van der Waals surface area contributed by atoms with Crippen molar-refractivity contribution >= 4 is 73.1 Å². The van der Waals surface area contributed by atoms with E-state index < -0.39 is 0 Å². The zero-order valence-corrected chi connectivity index (χ0v) is 24.0. The number of nitrogens with zero attached hydrogens (tertiary/aromatic N) is 2. The number of benzene rings is 4. The molecule has 4 aromatic carbocycles. The SMILES string of the molecule is Cc1ccc2c(c1)C(c1ccccc1)=NCC(=S)N2.S=C1CN=C(c2ccccc2)c2cccc(Br)c2N1. The van der Waals surface area contributed by atoms with Gasteiger partial charge in [0.25, 0.3) is 0 Å². The number of hydrogen-bond acceptors (Lipinski definition) is 4. The summed E-state index contributed by atoms with van der Waals surface area (Å²) in [5.41, 5.74) is 9.65. The molecular weight excluding hydrogens is 572 g/mol. The minimum Gasteiger partial charge on any atom is -0.348 e. The van der Waals surface area contributed by atoms with Gasteiger partial charge in [-0.3, -0.25) is 9.98 Å². The van der Waals surface area contributed by atoms with Crippen LogP contribution in [0.15, 0.2) is 112 Å². The second-order valence-corrected chi connectivity index (χ2v) is 10.7. The van der Waals surface area contributed by atoms with E-state index in [9.17, 15) is 0 Å². The molecule has 0 unspecified atom stereocenters. The van der Waals surface area contributed by atoms with Crippen LogP contribution in [-0.4, -0.2) is 34.5 Å². The molecule has 0 spiro atoms. The van der Waals surface area contributed by atoms with Crippen molar-refractivity contribution in [2.45, 2.75) is 6.92 Å². The highest BCUT2D eigenvalue weighted by atomic mass is 79.9. The molecular formula is C31H25BrN4S2. The number of aryl methyl sites for hydroxylation is 1. The molecule has 188 valence electrons. The summed E-state index contributed by atoms with van der Waals surface area (Å²) < 4.78 is 0.998. The highest BCUT2D eigenvalue weighted by molar-refractivity contribution is 9.10. The van der Waals surface area contributed by atoms with E-state index in [1.165, 1.54) is 5.56 Å². The Labute approximate surface area is 242 Å². The average molecular weight is 598 g/mol. The van der Waals surface area contributed by atoms with Crippen LogP contribution in [0, 0.1) is 6.92 Å². The van der Waals surface area contributed by atoms with Crippen molar-refractivity contribution in [1.82, 2.24) is 0 Å². The molecule has 0 saturated carbocycles. The van der Waals surface area contributed by atoms with Gasteiger partial charge in [-0.2, -0.15) is 0 Å². The Morgan fingerprint density at radius 1 is 0.658 bits per heavy atom. The molecule has 0 aromatic heterocycles. The van der Waals surface area contributed by atoms with Gasteiger partial charge in [-0.25, -0.2) is 0 Å². The van der Waals surface area contributed by atoms with Crippen molar-refractivity contribution in [1.29, 1.82) is 0 Å². The monoisotopic (exact) mass is 596 g/mol. The molecule has 2 heterocycles. The summed E-state index contributed by atoms with van der Waals surface area (Å²) in [5.74, 6) is 0. The summed E-state index contributed by atoms with van der Waals surface area (Å²) in [6, 6.07) is 32.8. The summed E-state index contributed by atoms with van der Waals surface area (Å²) >= 11 is 14.1. The fraction of sp³-hybridized carbons (Fsp3) is 0.0968. The number of fused-ring (bicyclic) bond motifs is 2. The normalized spacial score (nSPS) is 14.2. The van der Waals surface area contributed by atoms with Gasteiger partial charge >= 0.3 is 0 Å². The first kappa shape index (κ1) is 26.1. The van der Waals surface area contributed by atoms with Crippen LogP contribution in [0.1, 0.15) is 27.8 Å². The number of para-hydroxylation sites is 1. The van der Waals surface area contributed by atoms with Crippen LogP contribution in [0.3, 0.4) is 0 Å². The Hall–Kier alpha value is -3.52. The third-order valence-electron chi connectivity index (χ3n) is 6.09. The van der Waals surface area contributed by atoms with Gasteiger partial charge in [0, 0.05) is 32.4 Å². The van der Waals surface area contributed by atoms with Crippen molar-refractivity contribution in [2.75, 3.05) is 23.7 Å². The second-order valence-electron chi connectivity index (χ2n) is 8.87. The number of hydrogen-bond donors (Lipinski definition) is 2. The highest BCUT2D eigenvalue weighted by Gasteiger charge is 2.18. The molecule has 2 aliphatic rings. The third-order valence-corrected chi connectivity index (χ3v) is 7.22. The summed E-state index contributed by atoms with van der Waals surface area (Å²) in [7, 11) is 0. The topological polar surface area (TPSA) is 48.8 Å². The Balaban J connectivity index is 0.000000155. The molecule has 0 amide bonds. The number of rotatable bonds is 2. The molecule has 6 rings (SSSR count). The molecule has 2 N–H and O–H groups in total. The molecule has 0 aliphatic carbocycles. The van der Waals surface area contributed by atoms with Crippen molar-refractivity contribution in [3.8, 4) is 0 Å². The maximum absolute atomic E-state index is 5.29. The van der Waals surface area contributed by atoms with Crippen LogP contribution in [-0.2, 0) is 0 Å². The first-order valence-electron chi connectivity index (χ1n) is 12.2. The zero-order chi connectivity index (χ0) is 26.5. The number of anilines is 2. The van der Waals surface area contributed by atoms with Gasteiger partial charge in [0.1, 0.15) is 9.98 Å². The molecule has 0 radical (unpaired) electrons. The van der Waals surface area contributed by atoms with E-state index in [4.69, 9.17) is 24.4 Å². The number of thiocarbonyl (C=S) groups is 2. The van der Waals surface area contributed by atoms with Crippen molar-refractivity contribution in [3.05, 3.63) is 129 Å². The fourth-order valence-electron chi connectivity index (χ4n) is 4.34. The molecule has 7 heteroatoms. The predicted molar refractivity (Wildman–Crippen MR) is 172 cm³/mol. The van der Waals surface area contributed by atoms with Gasteiger partial charge in [-0.1, -0.05) is 109 Å². The van der Waals surface area contributed by atoms with Crippen molar-refractivity contribution in [3.63, 3.8) is 0 Å². The Bertz CT molecular complexity index is 1510. The molecule has 0 bridgehead atoms. The van der Waals surface area contributed by atoms with E-state index >= 15 is 0 Å². The van der Waals surface area contributed by atoms with Crippen molar-refractivity contribution in [2.24, 2.45) is 9.98 Å². The smallest absolute Gasteiger partial charge is 0.102 e. The molecule has 0 saturated heterocycles. The van der Waals surface area contributed by atoms with E-state index in [0.29, 0.717) is 13.1 Å². The second kappa shape index (κ2) is 11.9. The lowest BCUT2D eigenvalue weighted by molar-refractivity contribution is 1.31. The van der Waals surface area contributed by atoms with E-state index in [-0.39, 0.29) is 0 Å². The third kappa shape index (κ3) is 5.96. The molecule has 0 atom stereocenters. The van der Waals surface area contributed by atoms with Gasteiger partial charge < -0.3 is 10.6 Å². The maximum Gasteiger partial charge on any atom is 0.102 e. The Kier molecular flexibility index (Phi) is 8.17. The number of halogens is 1. The van der Waals surface area contributed by atoms with Gasteiger partial charge in [-0.15, -0.1) is 0 Å². The lowest BCUT2D eigenvalue weighted by Gasteiger charge is -2.12. The van der Waals surface area contributed by atoms with Crippen molar-refractivity contribution < 1.29 is 0 Å². The molecule has 0 fully saturated rings. The predicted octanol–water partition coefficient (Wildman–Crippen LogP) is 7.62. The summed E-state index contributed by atoms with van der Waals surface area (Å²) in [4.78, 5) is 10.8. The largest absolute Gasteiger partial charge is 0.348 e. The van der Waals surface area contributed by atoms with Gasteiger partial charge in [-0.05, 0) is 41.1 Å². The van der Waals surface area contributed by atoms with Crippen LogP contribution in [0.5, 0.6) is 0 Å². The average Bonchev–Trinajstić information content (AvgIpc) is 3.21. The lowest BCUT2D eigenvalue weighted by atomic mass is 9.99. The van der Waals surface area contributed by atoms with E-state index in [2.05, 4.69) is 92.0 Å². The summed E-state index contributed by atoms with van der Waals surface area (Å²) in [6.45, 7) is 3.14. The van der Waals surface area contributed by atoms with Crippen LogP contribution < -0.4 is 10.6 Å². The van der Waals surface area contributed by atoms with Crippen LogP contribution >= 0.6 is 40.4 Å². The fourth-order valence-corrected chi connectivity index (χ4v) is 5.14. The lowest BCUT2D eigenvalue weighted by Crippen LogP contribution is -2.11. The Morgan fingerprint density at radius 2 is 1.24 bits per heavy atom. The number of benzodiazepines with no additional fused rings is 2. The first-order valence-corrected chi connectivity index (χ1v) is 13.8. The summed E-state index contributed by atoms with van der Waals surface area (Å²) in [6.07, 6.45) is 0. The molecule has 4 aromatic rings. The number of aliphatic imine (C=N–C) groups is 2. The van der Waals surface area contributed by atoms with E-state index in [1.54, 1.807) is 0 Å². The van der Waals surface area contributed by atoms with Crippen LogP contribution in [0.4, 0.5) is 11.4 Å². The Morgan fingerprint density at radius 3 is 1.87 bits per heavy atom. The minimum absolute atomic E-state index is 0.515. The highest BCUT2D eigenvalue weighted by Crippen LogP contribution is 2.30. The van der Waals surface area contributed by atoms with E-state index in [0.717, 1.165) is 59.5 Å². The van der Waals surface area contributed by atoms with Crippen LogP contribution in [0.2, 0.25) is 0 Å². The standard InChI is InChI=1S/C16H14N2S.C15H11BrN2S/c1-11-7-8-14-13(9-11)16(17-10-15(19)18-14)12-5-3-2-4-6-12;16-12-8-4-7-11-14(10-5-2-1-3-6-10)17-9-13(19)18-15(11)12/h2-9H,10H2,1H3,(H,18,19);1-8H,9H2,(H,18,19). The van der Waals surface area contributed by atoms with Crippen LogP contribution in [0.25, 0.3) is 0 Å².